The summed E-state index contributed by atoms with van der Waals surface area (Å²) in [5, 5.41) is 19.3. The number of carbonyl (C=O) groups is 1. The summed E-state index contributed by atoms with van der Waals surface area (Å²) in [5.41, 5.74) is 5.00. The molecule has 3 aromatic carbocycles. The number of hydrogen-bond acceptors (Lipinski definition) is 4. The first-order valence-corrected chi connectivity index (χ1v) is 10.1. The summed E-state index contributed by atoms with van der Waals surface area (Å²) in [7, 11) is 0. The van der Waals surface area contributed by atoms with Crippen LogP contribution in [-0.4, -0.2) is 32.4 Å². The topological polar surface area (TPSA) is 80.0 Å². The number of carboxylic acids is 1. The second-order valence-corrected chi connectivity index (χ2v) is 7.31. The second-order valence-electron chi connectivity index (χ2n) is 7.31. The van der Waals surface area contributed by atoms with E-state index in [1.807, 2.05) is 59.4 Å². The van der Waals surface area contributed by atoms with E-state index in [1.165, 1.54) is 0 Å². The van der Waals surface area contributed by atoms with Gasteiger partial charge >= 0.3 is 5.97 Å². The Hall–Kier alpha value is -4.19. The molecule has 0 saturated heterocycles. The quantitative estimate of drug-likeness (QED) is 0.417. The molecule has 5 rings (SSSR count). The highest BCUT2D eigenvalue weighted by Gasteiger charge is 2.13. The maximum absolute atomic E-state index is 11.0. The van der Waals surface area contributed by atoms with Crippen LogP contribution in [0.4, 0.5) is 5.69 Å². The normalized spacial score (nSPS) is 11.1. The molecular formula is C25H20N4O2. The molecule has 152 valence electrons. The van der Waals surface area contributed by atoms with Crippen molar-refractivity contribution in [3.8, 4) is 5.69 Å². The van der Waals surface area contributed by atoms with Gasteiger partial charge in [-0.2, -0.15) is 5.10 Å². The minimum absolute atomic E-state index is 0.275. The Morgan fingerprint density at radius 1 is 0.903 bits per heavy atom. The van der Waals surface area contributed by atoms with Gasteiger partial charge in [0.2, 0.25) is 0 Å². The Bertz CT molecular complexity index is 1380. The number of carboxylic acid groups (broad SMARTS) is 1. The van der Waals surface area contributed by atoms with Gasteiger partial charge in [0.25, 0.3) is 0 Å². The molecule has 2 N–H and O–H groups in total. The van der Waals surface area contributed by atoms with E-state index in [2.05, 4.69) is 11.4 Å². The lowest BCUT2D eigenvalue weighted by Gasteiger charge is -2.08. The molecule has 0 fully saturated rings. The Morgan fingerprint density at radius 2 is 1.65 bits per heavy atom. The zero-order valence-electron chi connectivity index (χ0n) is 16.7. The average Bonchev–Trinajstić information content (AvgIpc) is 3.26. The number of pyridine rings is 1. The van der Waals surface area contributed by atoms with Crippen LogP contribution in [0.15, 0.2) is 85.1 Å². The Kier molecular flexibility index (Phi) is 4.80. The van der Waals surface area contributed by atoms with Gasteiger partial charge in [0.15, 0.2) is 0 Å². The van der Waals surface area contributed by atoms with Gasteiger partial charge in [-0.3, -0.25) is 4.98 Å². The number of hydrogen-bond donors (Lipinski definition) is 2. The van der Waals surface area contributed by atoms with E-state index in [9.17, 15) is 4.79 Å². The lowest BCUT2D eigenvalue weighted by atomic mass is 10.1. The summed E-state index contributed by atoms with van der Waals surface area (Å²) in [4.78, 5) is 15.9. The molecule has 0 radical (unpaired) electrons. The van der Waals surface area contributed by atoms with Gasteiger partial charge < -0.3 is 10.4 Å². The Labute approximate surface area is 178 Å². The third-order valence-electron chi connectivity index (χ3n) is 5.28. The van der Waals surface area contributed by atoms with Gasteiger partial charge in [0.1, 0.15) is 5.52 Å². The molecule has 0 aliphatic carbocycles. The molecule has 0 spiro atoms. The average molecular weight is 408 g/mol. The standard InChI is InChI=1S/C25H20N4O2/c30-25(31)17-10-12-18(13-11-17)26-15-14-23-21-16-29(19-6-2-1-3-7-19)28-24(21)20-8-4-5-9-22(20)27-23/h1-13,16,26H,14-15H2,(H,30,31). The highest BCUT2D eigenvalue weighted by atomic mass is 16.4. The predicted octanol–water partition coefficient (Wildman–Crippen LogP) is 4.93. The van der Waals surface area contributed by atoms with Crippen LogP contribution in [0.5, 0.6) is 0 Å². The summed E-state index contributed by atoms with van der Waals surface area (Å²) in [6, 6.07) is 24.9. The van der Waals surface area contributed by atoms with Gasteiger partial charge in [-0.05, 0) is 42.5 Å². The van der Waals surface area contributed by atoms with Gasteiger partial charge in [0.05, 0.1) is 22.5 Å². The SMILES string of the molecule is O=C(O)c1ccc(NCCc2nc3ccccc3c3nn(-c4ccccc4)cc23)cc1. The van der Waals surface area contributed by atoms with E-state index in [1.54, 1.807) is 24.3 Å². The van der Waals surface area contributed by atoms with Gasteiger partial charge in [0, 0.05) is 35.6 Å². The molecule has 0 saturated carbocycles. The van der Waals surface area contributed by atoms with Crippen LogP contribution in [0.25, 0.3) is 27.5 Å². The van der Waals surface area contributed by atoms with Gasteiger partial charge in [-0.1, -0.05) is 36.4 Å². The predicted molar refractivity (Wildman–Crippen MR) is 122 cm³/mol. The summed E-state index contributed by atoms with van der Waals surface area (Å²) in [6.45, 7) is 0.670. The molecule has 0 amide bonds. The molecule has 0 unspecified atom stereocenters. The fourth-order valence-corrected chi connectivity index (χ4v) is 3.72. The summed E-state index contributed by atoms with van der Waals surface area (Å²) in [5.74, 6) is -0.926. The molecule has 0 atom stereocenters. The van der Waals surface area contributed by atoms with Crippen LogP contribution >= 0.6 is 0 Å². The van der Waals surface area contributed by atoms with Crippen LogP contribution in [0.2, 0.25) is 0 Å². The number of benzene rings is 3. The fourth-order valence-electron chi connectivity index (χ4n) is 3.72. The smallest absolute Gasteiger partial charge is 0.335 e. The minimum Gasteiger partial charge on any atom is -0.478 e. The highest BCUT2D eigenvalue weighted by molar-refractivity contribution is 6.04. The van der Waals surface area contributed by atoms with Crippen molar-refractivity contribution in [3.63, 3.8) is 0 Å². The molecule has 5 aromatic rings. The third kappa shape index (κ3) is 3.71. The number of rotatable bonds is 6. The van der Waals surface area contributed by atoms with Crippen molar-refractivity contribution < 1.29 is 9.90 Å². The number of nitrogens with one attached hydrogen (secondary N) is 1. The number of nitrogens with zero attached hydrogens (tertiary/aromatic N) is 3. The van der Waals surface area contributed by atoms with E-state index in [0.717, 1.165) is 38.9 Å². The molecule has 0 aliphatic rings. The summed E-state index contributed by atoms with van der Waals surface area (Å²) < 4.78 is 1.90. The van der Waals surface area contributed by atoms with Crippen molar-refractivity contribution in [1.82, 2.24) is 14.8 Å². The van der Waals surface area contributed by atoms with Crippen molar-refractivity contribution in [2.24, 2.45) is 0 Å². The van der Waals surface area contributed by atoms with Crippen molar-refractivity contribution in [2.45, 2.75) is 6.42 Å². The molecule has 6 heteroatoms. The highest BCUT2D eigenvalue weighted by Crippen LogP contribution is 2.27. The number of anilines is 1. The third-order valence-corrected chi connectivity index (χ3v) is 5.28. The second kappa shape index (κ2) is 7.91. The molecule has 31 heavy (non-hydrogen) atoms. The van der Waals surface area contributed by atoms with Crippen molar-refractivity contribution in [1.29, 1.82) is 0 Å². The summed E-state index contributed by atoms with van der Waals surface area (Å²) in [6.07, 6.45) is 2.75. The number of fused-ring (bicyclic) bond motifs is 3. The van der Waals surface area contributed by atoms with Crippen LogP contribution < -0.4 is 5.32 Å². The number of aromatic nitrogens is 3. The largest absolute Gasteiger partial charge is 0.478 e. The molecule has 0 aliphatic heterocycles. The van der Waals surface area contributed by atoms with E-state index in [-0.39, 0.29) is 5.56 Å². The van der Waals surface area contributed by atoms with E-state index in [4.69, 9.17) is 15.2 Å². The first-order valence-electron chi connectivity index (χ1n) is 10.1. The van der Waals surface area contributed by atoms with Crippen molar-refractivity contribution >= 4 is 33.5 Å². The van der Waals surface area contributed by atoms with E-state index in [0.29, 0.717) is 13.0 Å². The van der Waals surface area contributed by atoms with Crippen LogP contribution in [0, 0.1) is 0 Å². The van der Waals surface area contributed by atoms with E-state index >= 15 is 0 Å². The Balaban J connectivity index is 1.46. The first kappa shape index (κ1) is 18.8. The number of para-hydroxylation sites is 2. The number of aromatic carboxylic acids is 1. The molecule has 6 nitrogen and oxygen atoms in total. The van der Waals surface area contributed by atoms with Gasteiger partial charge in [-0.25, -0.2) is 9.48 Å². The molecule has 0 bridgehead atoms. The fraction of sp³-hybridized carbons (Fsp3) is 0.0800. The molecule has 2 aromatic heterocycles. The monoisotopic (exact) mass is 408 g/mol. The van der Waals surface area contributed by atoms with Crippen LogP contribution in [-0.2, 0) is 6.42 Å². The Morgan fingerprint density at radius 3 is 2.42 bits per heavy atom. The maximum atomic E-state index is 11.0. The maximum Gasteiger partial charge on any atom is 0.335 e. The van der Waals surface area contributed by atoms with Crippen LogP contribution in [0.3, 0.4) is 0 Å². The lowest BCUT2D eigenvalue weighted by Crippen LogP contribution is -2.07. The molecular weight excluding hydrogens is 388 g/mol. The first-order chi connectivity index (χ1) is 15.2. The zero-order chi connectivity index (χ0) is 21.2. The van der Waals surface area contributed by atoms with Crippen molar-refractivity contribution in [3.05, 3.63) is 96.3 Å². The zero-order valence-corrected chi connectivity index (χ0v) is 16.7. The van der Waals surface area contributed by atoms with Gasteiger partial charge in [-0.15, -0.1) is 0 Å². The van der Waals surface area contributed by atoms with Crippen LogP contribution in [0.1, 0.15) is 16.1 Å². The van der Waals surface area contributed by atoms with Crippen molar-refractivity contribution in [2.75, 3.05) is 11.9 Å². The molecule has 2 heterocycles. The minimum atomic E-state index is -0.926. The van der Waals surface area contributed by atoms with E-state index < -0.39 is 5.97 Å². The summed E-state index contributed by atoms with van der Waals surface area (Å²) >= 11 is 0. The lowest BCUT2D eigenvalue weighted by molar-refractivity contribution is 0.0697.